The summed E-state index contributed by atoms with van der Waals surface area (Å²) in [5, 5.41) is 14.6. The van der Waals surface area contributed by atoms with Gasteiger partial charge in [-0.2, -0.15) is 10.2 Å². The van der Waals surface area contributed by atoms with Gasteiger partial charge in [-0.05, 0) is 26.3 Å². The molecule has 1 atom stereocenters. The Labute approximate surface area is 145 Å². The number of carbonyl (C=O) groups excluding carboxylic acids is 1. The summed E-state index contributed by atoms with van der Waals surface area (Å²) in [7, 11) is 1.90. The number of aromatic nitrogens is 6. The smallest absolute Gasteiger partial charge is 0.269 e. The van der Waals surface area contributed by atoms with Crippen LogP contribution in [0.3, 0.4) is 0 Å². The van der Waals surface area contributed by atoms with Crippen LogP contribution in [0.2, 0.25) is 0 Å². The van der Waals surface area contributed by atoms with Crippen LogP contribution in [0.25, 0.3) is 11.3 Å². The minimum absolute atomic E-state index is 0.0935. The first-order valence-electron chi connectivity index (χ1n) is 8.40. The summed E-state index contributed by atoms with van der Waals surface area (Å²) in [6.07, 6.45) is 5.43. The first kappa shape index (κ1) is 15.6. The largest absolute Gasteiger partial charge is 0.347 e. The molecule has 0 saturated carbocycles. The second kappa shape index (κ2) is 5.87. The molecular weight excluding hydrogens is 318 g/mol. The minimum Gasteiger partial charge on any atom is -0.347 e. The molecule has 0 saturated heterocycles. The number of fused-ring (bicyclic) bond motifs is 1. The molecule has 4 heterocycles. The summed E-state index contributed by atoms with van der Waals surface area (Å²) in [6, 6.07) is 1.88. The normalized spacial score (nSPS) is 16.7. The highest BCUT2D eigenvalue weighted by Gasteiger charge is 2.23. The molecule has 3 aromatic rings. The van der Waals surface area contributed by atoms with Crippen LogP contribution in [0.15, 0.2) is 18.5 Å². The van der Waals surface area contributed by atoms with E-state index in [0.29, 0.717) is 5.69 Å². The number of carbonyl (C=O) groups is 1. The van der Waals surface area contributed by atoms with Crippen LogP contribution < -0.4 is 5.32 Å². The quantitative estimate of drug-likeness (QED) is 0.753. The number of hydrogen-bond donors (Lipinski definition) is 2. The Bertz CT molecular complexity index is 933. The van der Waals surface area contributed by atoms with Crippen molar-refractivity contribution in [3.63, 3.8) is 0 Å². The lowest BCUT2D eigenvalue weighted by atomic mass is 10.1. The van der Waals surface area contributed by atoms with Gasteiger partial charge in [0.15, 0.2) is 0 Å². The average Bonchev–Trinajstić information content (AvgIpc) is 3.27. The highest BCUT2D eigenvalue weighted by Crippen LogP contribution is 2.25. The third-order valence-electron chi connectivity index (χ3n) is 4.87. The monoisotopic (exact) mass is 339 g/mol. The molecule has 1 unspecified atom stereocenters. The highest BCUT2D eigenvalue weighted by molar-refractivity contribution is 5.93. The molecular formula is C17H21N7O. The molecule has 0 spiro atoms. The molecule has 0 aromatic carbocycles. The van der Waals surface area contributed by atoms with Crippen LogP contribution >= 0.6 is 0 Å². The van der Waals surface area contributed by atoms with Crippen LogP contribution in [0.4, 0.5) is 0 Å². The fraction of sp³-hybridized carbons (Fsp3) is 0.412. The number of amides is 1. The van der Waals surface area contributed by atoms with E-state index in [1.165, 1.54) is 0 Å². The van der Waals surface area contributed by atoms with E-state index in [2.05, 4.69) is 30.2 Å². The maximum Gasteiger partial charge on any atom is 0.269 e. The van der Waals surface area contributed by atoms with E-state index in [9.17, 15) is 4.79 Å². The lowest BCUT2D eigenvalue weighted by Crippen LogP contribution is -2.40. The summed E-state index contributed by atoms with van der Waals surface area (Å²) >= 11 is 0. The van der Waals surface area contributed by atoms with Gasteiger partial charge in [0.05, 0.1) is 11.4 Å². The van der Waals surface area contributed by atoms with Crippen LogP contribution in [0.1, 0.15) is 34.1 Å². The third-order valence-corrected chi connectivity index (χ3v) is 4.87. The Morgan fingerprint density at radius 2 is 2.24 bits per heavy atom. The van der Waals surface area contributed by atoms with Crippen molar-refractivity contribution in [2.24, 2.45) is 7.05 Å². The lowest BCUT2D eigenvalue weighted by molar-refractivity contribution is 0.0925. The van der Waals surface area contributed by atoms with Crippen molar-refractivity contribution in [1.82, 2.24) is 34.8 Å². The summed E-state index contributed by atoms with van der Waals surface area (Å²) in [5.41, 5.74) is 4.10. The van der Waals surface area contributed by atoms with E-state index in [0.717, 1.165) is 47.9 Å². The van der Waals surface area contributed by atoms with Crippen LogP contribution in [-0.2, 0) is 20.0 Å². The predicted octanol–water partition coefficient (Wildman–Crippen LogP) is 1.37. The maximum atomic E-state index is 12.6. The third kappa shape index (κ3) is 2.73. The fourth-order valence-corrected chi connectivity index (χ4v) is 3.45. The van der Waals surface area contributed by atoms with Crippen molar-refractivity contribution < 1.29 is 4.79 Å². The number of imidazole rings is 1. The summed E-state index contributed by atoms with van der Waals surface area (Å²) in [5.74, 6) is 0.881. The molecule has 0 radical (unpaired) electrons. The summed E-state index contributed by atoms with van der Waals surface area (Å²) in [6.45, 7) is 4.82. The van der Waals surface area contributed by atoms with E-state index in [-0.39, 0.29) is 11.9 Å². The Morgan fingerprint density at radius 1 is 1.40 bits per heavy atom. The van der Waals surface area contributed by atoms with Crippen molar-refractivity contribution in [3.8, 4) is 11.3 Å². The van der Waals surface area contributed by atoms with Gasteiger partial charge in [0, 0.05) is 49.7 Å². The maximum absolute atomic E-state index is 12.6. The molecule has 4 rings (SSSR count). The Kier molecular flexibility index (Phi) is 3.67. The van der Waals surface area contributed by atoms with Crippen molar-refractivity contribution in [1.29, 1.82) is 0 Å². The molecule has 0 aliphatic carbocycles. The number of nitrogens with zero attached hydrogens (tertiary/aromatic N) is 5. The molecule has 2 N–H and O–H groups in total. The minimum atomic E-state index is -0.136. The molecule has 1 aliphatic heterocycles. The standard InChI is InChI=1S/C17H21N7O/c1-10-16(11(2)23(3)22-10)13-9-14(21-20-13)17(25)19-12-4-6-24-7-5-18-15(24)8-12/h5,7,9,12H,4,6,8H2,1-3H3,(H,19,25)(H,20,21). The molecule has 1 aliphatic rings. The number of aryl methyl sites for hydroxylation is 3. The predicted molar refractivity (Wildman–Crippen MR) is 92.1 cm³/mol. The van der Waals surface area contributed by atoms with Gasteiger partial charge in [0.1, 0.15) is 11.5 Å². The van der Waals surface area contributed by atoms with Crippen LogP contribution in [0, 0.1) is 13.8 Å². The Morgan fingerprint density at radius 3 is 3.00 bits per heavy atom. The Hall–Kier alpha value is -2.90. The van der Waals surface area contributed by atoms with Crippen molar-refractivity contribution in [3.05, 3.63) is 41.4 Å². The highest BCUT2D eigenvalue weighted by atomic mass is 16.2. The Balaban J connectivity index is 1.50. The molecule has 0 bridgehead atoms. The SMILES string of the molecule is Cc1nn(C)c(C)c1-c1cc(C(=O)NC2CCn3ccnc3C2)[nH]n1. The molecule has 130 valence electrons. The number of H-pyrrole nitrogens is 1. The lowest BCUT2D eigenvalue weighted by Gasteiger charge is -2.23. The van der Waals surface area contributed by atoms with Gasteiger partial charge in [-0.15, -0.1) is 0 Å². The van der Waals surface area contributed by atoms with E-state index >= 15 is 0 Å². The van der Waals surface area contributed by atoms with Crippen molar-refractivity contribution >= 4 is 5.91 Å². The van der Waals surface area contributed by atoms with E-state index in [1.54, 1.807) is 12.3 Å². The van der Waals surface area contributed by atoms with E-state index < -0.39 is 0 Å². The van der Waals surface area contributed by atoms with Gasteiger partial charge < -0.3 is 9.88 Å². The van der Waals surface area contributed by atoms with Gasteiger partial charge in [0.25, 0.3) is 5.91 Å². The first-order chi connectivity index (χ1) is 12.0. The molecule has 8 nitrogen and oxygen atoms in total. The van der Waals surface area contributed by atoms with Gasteiger partial charge in [-0.25, -0.2) is 4.98 Å². The van der Waals surface area contributed by atoms with Gasteiger partial charge in [-0.3, -0.25) is 14.6 Å². The summed E-state index contributed by atoms with van der Waals surface area (Å²) < 4.78 is 3.95. The molecule has 25 heavy (non-hydrogen) atoms. The zero-order valence-corrected chi connectivity index (χ0v) is 14.6. The topological polar surface area (TPSA) is 93.4 Å². The molecule has 8 heteroatoms. The van der Waals surface area contributed by atoms with Gasteiger partial charge >= 0.3 is 0 Å². The fourth-order valence-electron chi connectivity index (χ4n) is 3.45. The van der Waals surface area contributed by atoms with Gasteiger partial charge in [0.2, 0.25) is 0 Å². The number of nitrogens with one attached hydrogen (secondary N) is 2. The van der Waals surface area contributed by atoms with E-state index in [1.807, 2.05) is 31.8 Å². The number of hydrogen-bond acceptors (Lipinski definition) is 4. The van der Waals surface area contributed by atoms with Crippen molar-refractivity contribution in [2.45, 2.75) is 39.3 Å². The second-order valence-electron chi connectivity index (χ2n) is 6.54. The molecule has 1 amide bonds. The molecule has 0 fully saturated rings. The molecule has 3 aromatic heterocycles. The summed E-state index contributed by atoms with van der Waals surface area (Å²) in [4.78, 5) is 16.9. The number of rotatable bonds is 3. The average molecular weight is 339 g/mol. The van der Waals surface area contributed by atoms with E-state index in [4.69, 9.17) is 0 Å². The number of aromatic amines is 1. The van der Waals surface area contributed by atoms with Crippen LogP contribution in [-0.4, -0.2) is 41.5 Å². The van der Waals surface area contributed by atoms with Gasteiger partial charge in [-0.1, -0.05) is 0 Å². The zero-order chi connectivity index (χ0) is 17.6. The zero-order valence-electron chi connectivity index (χ0n) is 14.6. The first-order valence-corrected chi connectivity index (χ1v) is 8.40. The van der Waals surface area contributed by atoms with Crippen molar-refractivity contribution in [2.75, 3.05) is 0 Å². The second-order valence-corrected chi connectivity index (χ2v) is 6.54. The van der Waals surface area contributed by atoms with Crippen LogP contribution in [0.5, 0.6) is 0 Å².